The normalized spacial score (nSPS) is 20.0. The van der Waals surface area contributed by atoms with Crippen molar-refractivity contribution in [3.63, 3.8) is 0 Å². The smallest absolute Gasteiger partial charge is 0.307 e. The van der Waals surface area contributed by atoms with Crippen LogP contribution in [0, 0.1) is 11.8 Å². The van der Waals surface area contributed by atoms with Gasteiger partial charge in [0.1, 0.15) is 5.00 Å². The number of carboxylic acids is 1. The number of hydrogen-bond donors (Lipinski definition) is 3. The van der Waals surface area contributed by atoms with Crippen LogP contribution in [0.15, 0.2) is 36.7 Å². The van der Waals surface area contributed by atoms with Crippen LogP contribution >= 0.6 is 11.3 Å². The van der Waals surface area contributed by atoms with Crippen molar-refractivity contribution >= 4 is 34.1 Å². The molecule has 7 nitrogen and oxygen atoms in total. The molecule has 0 saturated heterocycles. The Morgan fingerprint density at radius 1 is 1.13 bits per heavy atom. The van der Waals surface area contributed by atoms with Gasteiger partial charge in [0, 0.05) is 23.8 Å². The summed E-state index contributed by atoms with van der Waals surface area (Å²) < 4.78 is 0. The molecule has 8 heteroatoms. The molecule has 0 aliphatic heterocycles. The number of nitrogens with one attached hydrogen (secondary N) is 2. The van der Waals surface area contributed by atoms with E-state index < -0.39 is 17.8 Å². The summed E-state index contributed by atoms with van der Waals surface area (Å²) in [6.07, 6.45) is 11.5. The molecule has 2 aromatic heterocycles. The second-order valence-electron chi connectivity index (χ2n) is 7.94. The van der Waals surface area contributed by atoms with E-state index in [2.05, 4.69) is 15.6 Å². The highest BCUT2D eigenvalue weighted by atomic mass is 32.1. The van der Waals surface area contributed by atoms with Gasteiger partial charge in [-0.2, -0.15) is 0 Å². The summed E-state index contributed by atoms with van der Waals surface area (Å²) in [6, 6.07) is 3.71. The predicted molar refractivity (Wildman–Crippen MR) is 118 cm³/mol. The molecule has 0 fully saturated rings. The Balaban J connectivity index is 1.56. The van der Waals surface area contributed by atoms with Crippen molar-refractivity contribution in [3.05, 3.63) is 58.2 Å². The summed E-state index contributed by atoms with van der Waals surface area (Å²) >= 11 is 1.44. The Morgan fingerprint density at radius 3 is 2.65 bits per heavy atom. The van der Waals surface area contributed by atoms with Crippen LogP contribution in [0.1, 0.15) is 52.0 Å². The Hall–Kier alpha value is -3.00. The van der Waals surface area contributed by atoms with Crippen LogP contribution in [-0.4, -0.2) is 27.9 Å². The van der Waals surface area contributed by atoms with E-state index in [0.717, 1.165) is 41.7 Å². The fourth-order valence-electron chi connectivity index (χ4n) is 4.25. The van der Waals surface area contributed by atoms with Crippen LogP contribution < -0.4 is 10.6 Å². The Labute approximate surface area is 184 Å². The van der Waals surface area contributed by atoms with Gasteiger partial charge in [0.25, 0.3) is 5.91 Å². The number of thiophene rings is 1. The minimum atomic E-state index is -0.968. The van der Waals surface area contributed by atoms with Crippen molar-refractivity contribution in [1.29, 1.82) is 0 Å². The van der Waals surface area contributed by atoms with Crippen molar-refractivity contribution in [1.82, 2.24) is 10.3 Å². The van der Waals surface area contributed by atoms with Crippen LogP contribution in [0.3, 0.4) is 0 Å². The second kappa shape index (κ2) is 9.43. The van der Waals surface area contributed by atoms with Gasteiger partial charge in [-0.1, -0.05) is 18.2 Å². The third-order valence-corrected chi connectivity index (χ3v) is 7.10. The van der Waals surface area contributed by atoms with Gasteiger partial charge < -0.3 is 15.7 Å². The summed E-state index contributed by atoms with van der Waals surface area (Å²) in [6.45, 7) is 0.346. The maximum atomic E-state index is 13.1. The van der Waals surface area contributed by atoms with E-state index >= 15 is 0 Å². The number of anilines is 1. The van der Waals surface area contributed by atoms with Crippen LogP contribution in [0.25, 0.3) is 0 Å². The zero-order valence-corrected chi connectivity index (χ0v) is 17.9. The van der Waals surface area contributed by atoms with E-state index in [9.17, 15) is 19.5 Å². The highest BCUT2D eigenvalue weighted by molar-refractivity contribution is 7.17. The van der Waals surface area contributed by atoms with Gasteiger partial charge in [0.2, 0.25) is 5.91 Å². The number of aliphatic carboxylic acids is 1. The second-order valence-corrected chi connectivity index (χ2v) is 9.05. The molecular formula is C23H25N3O4S. The van der Waals surface area contributed by atoms with Gasteiger partial charge in [-0.15, -0.1) is 11.3 Å². The molecule has 2 atom stereocenters. The number of fused-ring (bicyclic) bond motifs is 1. The Morgan fingerprint density at radius 2 is 1.90 bits per heavy atom. The lowest BCUT2D eigenvalue weighted by molar-refractivity contribution is -0.146. The largest absolute Gasteiger partial charge is 0.481 e. The van der Waals surface area contributed by atoms with Gasteiger partial charge in [-0.25, -0.2) is 0 Å². The SMILES string of the molecule is O=C(NCc1cccnc1)c1c(NC(=O)[C@@H]2CC=CC[C@H]2C(=O)O)sc2c1CCCC2. The summed E-state index contributed by atoms with van der Waals surface area (Å²) in [5.74, 6) is -2.92. The molecule has 2 heterocycles. The van der Waals surface area contributed by atoms with Gasteiger partial charge in [0.15, 0.2) is 0 Å². The monoisotopic (exact) mass is 439 g/mol. The van der Waals surface area contributed by atoms with E-state index in [4.69, 9.17) is 0 Å². The van der Waals surface area contributed by atoms with Crippen molar-refractivity contribution in [3.8, 4) is 0 Å². The lowest BCUT2D eigenvalue weighted by Crippen LogP contribution is -2.35. The fourth-order valence-corrected chi connectivity index (χ4v) is 5.54. The van der Waals surface area contributed by atoms with E-state index in [1.165, 1.54) is 11.3 Å². The molecule has 2 amide bonds. The molecule has 0 radical (unpaired) electrons. The van der Waals surface area contributed by atoms with Crippen LogP contribution in [0.4, 0.5) is 5.00 Å². The zero-order valence-electron chi connectivity index (χ0n) is 17.1. The molecule has 4 rings (SSSR count). The van der Waals surface area contributed by atoms with Crippen molar-refractivity contribution in [2.24, 2.45) is 11.8 Å². The number of aryl methyl sites for hydroxylation is 1. The van der Waals surface area contributed by atoms with E-state index in [1.54, 1.807) is 12.4 Å². The molecule has 0 aromatic carbocycles. The molecule has 3 N–H and O–H groups in total. The number of carbonyl (C=O) groups excluding carboxylic acids is 2. The zero-order chi connectivity index (χ0) is 21.8. The van der Waals surface area contributed by atoms with Crippen molar-refractivity contribution < 1.29 is 19.5 Å². The molecule has 0 saturated carbocycles. The minimum absolute atomic E-state index is 0.225. The molecule has 2 aliphatic rings. The van der Waals surface area contributed by atoms with Gasteiger partial charge in [-0.3, -0.25) is 19.4 Å². The summed E-state index contributed by atoms with van der Waals surface area (Å²) in [4.78, 5) is 42.9. The first-order valence-corrected chi connectivity index (χ1v) is 11.4. The number of rotatable bonds is 6. The van der Waals surface area contributed by atoms with Crippen molar-refractivity contribution in [2.45, 2.75) is 45.1 Å². The number of aromatic nitrogens is 1. The topological polar surface area (TPSA) is 108 Å². The lowest BCUT2D eigenvalue weighted by atomic mass is 9.82. The molecule has 31 heavy (non-hydrogen) atoms. The number of nitrogens with zero attached hydrogens (tertiary/aromatic N) is 1. The van der Waals surface area contributed by atoms with Gasteiger partial charge in [0.05, 0.1) is 17.4 Å². The van der Waals surface area contributed by atoms with Crippen molar-refractivity contribution in [2.75, 3.05) is 5.32 Å². The third kappa shape index (κ3) is 4.69. The fraction of sp³-hybridized carbons (Fsp3) is 0.391. The van der Waals surface area contributed by atoms with Gasteiger partial charge in [-0.05, 0) is 55.7 Å². The maximum Gasteiger partial charge on any atom is 0.307 e. The van der Waals surface area contributed by atoms with E-state index in [-0.39, 0.29) is 11.8 Å². The quantitative estimate of drug-likeness (QED) is 0.597. The number of pyridine rings is 1. The Bertz CT molecular complexity index is 1020. The third-order valence-electron chi connectivity index (χ3n) is 5.90. The summed E-state index contributed by atoms with van der Waals surface area (Å²) in [5.41, 5.74) is 2.42. The first kappa shape index (κ1) is 21.2. The standard InChI is InChI=1S/C23H25N3O4S/c27-20(15-7-1-2-8-16(15)23(29)30)26-22-19(17-9-3-4-10-18(17)31-22)21(28)25-13-14-6-5-11-24-12-14/h1-2,5-6,11-12,15-16H,3-4,7-10,13H2,(H,25,28)(H,26,27)(H,29,30)/t15-,16-/m1/s1. The Kier molecular flexibility index (Phi) is 6.46. The predicted octanol–water partition coefficient (Wildman–Crippen LogP) is 3.56. The minimum Gasteiger partial charge on any atom is -0.481 e. The van der Waals surface area contributed by atoms with Crippen LogP contribution in [0.2, 0.25) is 0 Å². The molecule has 0 spiro atoms. The number of amides is 2. The molecular weight excluding hydrogens is 414 g/mol. The summed E-state index contributed by atoms with van der Waals surface area (Å²) in [7, 11) is 0. The number of carboxylic acid groups (broad SMARTS) is 1. The molecule has 2 aliphatic carbocycles. The molecule has 162 valence electrons. The number of allylic oxidation sites excluding steroid dienone is 2. The van der Waals surface area contributed by atoms with Crippen LogP contribution in [-0.2, 0) is 29.0 Å². The van der Waals surface area contributed by atoms with E-state index in [1.807, 2.05) is 24.3 Å². The molecule has 2 aromatic rings. The van der Waals surface area contributed by atoms with Crippen LogP contribution in [0.5, 0.6) is 0 Å². The molecule has 0 unspecified atom stereocenters. The summed E-state index contributed by atoms with van der Waals surface area (Å²) in [5, 5.41) is 15.9. The highest BCUT2D eigenvalue weighted by Gasteiger charge is 2.35. The van der Waals surface area contributed by atoms with E-state index in [0.29, 0.717) is 30.0 Å². The van der Waals surface area contributed by atoms with Gasteiger partial charge >= 0.3 is 5.97 Å². The maximum absolute atomic E-state index is 13.1. The average molecular weight is 440 g/mol. The average Bonchev–Trinajstić information content (AvgIpc) is 3.16. The molecule has 0 bridgehead atoms. The highest BCUT2D eigenvalue weighted by Crippen LogP contribution is 2.39. The lowest BCUT2D eigenvalue weighted by Gasteiger charge is -2.24. The number of carbonyl (C=O) groups is 3. The first-order valence-electron chi connectivity index (χ1n) is 10.5. The number of hydrogen-bond acceptors (Lipinski definition) is 5. The first-order chi connectivity index (χ1) is 15.0.